The van der Waals surface area contributed by atoms with Gasteiger partial charge in [-0.1, -0.05) is 36.1 Å². The van der Waals surface area contributed by atoms with Crippen molar-refractivity contribution in [3.63, 3.8) is 0 Å². The third-order valence-electron chi connectivity index (χ3n) is 2.86. The maximum atomic E-state index is 13.5. The molecule has 0 bridgehead atoms. The Balaban J connectivity index is 2.13. The molecule has 2 rings (SSSR count). The highest BCUT2D eigenvalue weighted by atomic mass is 19.1. The molecule has 0 aliphatic heterocycles. The summed E-state index contributed by atoms with van der Waals surface area (Å²) in [6.07, 6.45) is 0. The van der Waals surface area contributed by atoms with Crippen LogP contribution >= 0.6 is 0 Å². The van der Waals surface area contributed by atoms with Crippen molar-refractivity contribution < 1.29 is 9.13 Å². The van der Waals surface area contributed by atoms with Crippen LogP contribution in [-0.2, 0) is 6.61 Å². The van der Waals surface area contributed by atoms with Crippen LogP contribution in [0, 0.1) is 24.6 Å². The highest BCUT2D eigenvalue weighted by molar-refractivity contribution is 5.40. The number of aryl methyl sites for hydroxylation is 1. The number of hydrogen-bond donors (Lipinski definition) is 1. The number of nitrogens with two attached hydrogens (primary N) is 1. The molecule has 0 atom stereocenters. The lowest BCUT2D eigenvalue weighted by atomic mass is 10.1. The first-order valence-corrected chi connectivity index (χ1v) is 6.36. The topological polar surface area (TPSA) is 35.2 Å². The number of halogens is 1. The maximum Gasteiger partial charge on any atom is 0.128 e. The van der Waals surface area contributed by atoms with Gasteiger partial charge in [-0.25, -0.2) is 4.39 Å². The zero-order valence-corrected chi connectivity index (χ0v) is 11.3. The van der Waals surface area contributed by atoms with Crippen molar-refractivity contribution in [3.8, 4) is 17.6 Å². The molecule has 0 aromatic heterocycles. The molecule has 0 aliphatic rings. The van der Waals surface area contributed by atoms with E-state index in [1.807, 2.05) is 31.2 Å². The van der Waals surface area contributed by atoms with E-state index in [1.54, 1.807) is 6.07 Å². The SMILES string of the molecule is Cc1ccccc1COc1cc(F)cc(C#CCN)c1. The Hall–Kier alpha value is -2.31. The Kier molecular flexibility index (Phi) is 4.75. The molecule has 0 saturated heterocycles. The summed E-state index contributed by atoms with van der Waals surface area (Å²) >= 11 is 0. The summed E-state index contributed by atoms with van der Waals surface area (Å²) in [6.45, 7) is 2.66. The highest BCUT2D eigenvalue weighted by Gasteiger charge is 2.02. The second kappa shape index (κ2) is 6.74. The third-order valence-corrected chi connectivity index (χ3v) is 2.86. The van der Waals surface area contributed by atoms with Crippen LogP contribution in [0.2, 0.25) is 0 Å². The van der Waals surface area contributed by atoms with E-state index in [1.165, 1.54) is 12.1 Å². The lowest BCUT2D eigenvalue weighted by Crippen LogP contribution is -1.98. The summed E-state index contributed by atoms with van der Waals surface area (Å²) < 4.78 is 19.1. The summed E-state index contributed by atoms with van der Waals surface area (Å²) in [5.74, 6) is 5.60. The van der Waals surface area contributed by atoms with E-state index in [-0.39, 0.29) is 12.4 Å². The van der Waals surface area contributed by atoms with Gasteiger partial charge in [-0.05, 0) is 30.2 Å². The summed E-state index contributed by atoms with van der Waals surface area (Å²) in [5.41, 5.74) is 8.09. The van der Waals surface area contributed by atoms with Crippen molar-refractivity contribution in [2.75, 3.05) is 6.54 Å². The molecule has 0 spiro atoms. The van der Waals surface area contributed by atoms with Crippen molar-refractivity contribution in [3.05, 3.63) is 65.0 Å². The molecular weight excluding hydrogens is 253 g/mol. The van der Waals surface area contributed by atoms with Gasteiger partial charge >= 0.3 is 0 Å². The van der Waals surface area contributed by atoms with E-state index in [4.69, 9.17) is 10.5 Å². The zero-order valence-electron chi connectivity index (χ0n) is 11.3. The molecule has 0 aliphatic carbocycles. The van der Waals surface area contributed by atoms with Gasteiger partial charge in [0.15, 0.2) is 0 Å². The fraction of sp³-hybridized carbons (Fsp3) is 0.176. The molecule has 102 valence electrons. The van der Waals surface area contributed by atoms with Crippen LogP contribution < -0.4 is 10.5 Å². The number of hydrogen-bond acceptors (Lipinski definition) is 2. The summed E-state index contributed by atoms with van der Waals surface area (Å²) in [4.78, 5) is 0. The first-order valence-electron chi connectivity index (χ1n) is 6.36. The fourth-order valence-electron chi connectivity index (χ4n) is 1.80. The molecule has 20 heavy (non-hydrogen) atoms. The normalized spacial score (nSPS) is 9.75. The Morgan fingerprint density at radius 3 is 2.75 bits per heavy atom. The van der Waals surface area contributed by atoms with Crippen LogP contribution in [0.5, 0.6) is 5.75 Å². The molecule has 0 amide bonds. The van der Waals surface area contributed by atoms with Gasteiger partial charge in [-0.3, -0.25) is 0 Å². The number of benzene rings is 2. The van der Waals surface area contributed by atoms with Gasteiger partial charge in [0.05, 0.1) is 6.54 Å². The second-order valence-electron chi connectivity index (χ2n) is 4.40. The lowest BCUT2D eigenvalue weighted by molar-refractivity contribution is 0.303. The molecule has 0 radical (unpaired) electrons. The largest absolute Gasteiger partial charge is 0.489 e. The Bertz CT molecular complexity index is 656. The van der Waals surface area contributed by atoms with Crippen molar-refractivity contribution in [2.45, 2.75) is 13.5 Å². The molecule has 2 aromatic rings. The standard InChI is InChI=1S/C17H16FNO/c1-13-5-2-3-7-15(13)12-20-17-10-14(6-4-8-19)9-16(18)11-17/h2-3,5,7,9-11H,8,12,19H2,1H3. The van der Waals surface area contributed by atoms with Crippen LogP contribution in [0.25, 0.3) is 0 Å². The average Bonchev–Trinajstić information content (AvgIpc) is 2.44. The van der Waals surface area contributed by atoms with Gasteiger partial charge < -0.3 is 10.5 Å². The Morgan fingerprint density at radius 1 is 1.20 bits per heavy atom. The van der Waals surface area contributed by atoms with Crippen LogP contribution in [0.15, 0.2) is 42.5 Å². The summed E-state index contributed by atoms with van der Waals surface area (Å²) in [6, 6.07) is 12.4. The zero-order chi connectivity index (χ0) is 14.4. The number of rotatable bonds is 3. The lowest BCUT2D eigenvalue weighted by Gasteiger charge is -2.09. The maximum absolute atomic E-state index is 13.5. The van der Waals surface area contributed by atoms with Crippen LogP contribution in [0.3, 0.4) is 0 Å². The van der Waals surface area contributed by atoms with Gasteiger partial charge in [0.2, 0.25) is 0 Å². The monoisotopic (exact) mass is 269 g/mol. The first-order chi connectivity index (χ1) is 9.69. The number of ether oxygens (including phenoxy) is 1. The Labute approximate surface area is 118 Å². The van der Waals surface area contributed by atoms with E-state index in [0.29, 0.717) is 17.9 Å². The first kappa shape index (κ1) is 14.1. The second-order valence-corrected chi connectivity index (χ2v) is 4.40. The Morgan fingerprint density at radius 2 is 2.00 bits per heavy atom. The van der Waals surface area contributed by atoms with E-state index in [2.05, 4.69) is 11.8 Å². The average molecular weight is 269 g/mol. The fourth-order valence-corrected chi connectivity index (χ4v) is 1.80. The molecule has 2 nitrogen and oxygen atoms in total. The van der Waals surface area contributed by atoms with E-state index in [0.717, 1.165) is 11.1 Å². The summed E-state index contributed by atoms with van der Waals surface area (Å²) in [7, 11) is 0. The molecule has 0 saturated carbocycles. The highest BCUT2D eigenvalue weighted by Crippen LogP contribution is 2.18. The van der Waals surface area contributed by atoms with Crippen molar-refractivity contribution >= 4 is 0 Å². The van der Waals surface area contributed by atoms with E-state index >= 15 is 0 Å². The van der Waals surface area contributed by atoms with Gasteiger partial charge in [0.1, 0.15) is 18.2 Å². The quantitative estimate of drug-likeness (QED) is 0.869. The minimum absolute atomic E-state index is 0.246. The smallest absolute Gasteiger partial charge is 0.128 e. The molecule has 3 heteroatoms. The van der Waals surface area contributed by atoms with Gasteiger partial charge in [-0.2, -0.15) is 0 Å². The van der Waals surface area contributed by atoms with Gasteiger partial charge in [-0.15, -0.1) is 0 Å². The molecular formula is C17H16FNO. The predicted molar refractivity (Wildman–Crippen MR) is 77.8 cm³/mol. The van der Waals surface area contributed by atoms with Crippen molar-refractivity contribution in [1.82, 2.24) is 0 Å². The van der Waals surface area contributed by atoms with Gasteiger partial charge in [0.25, 0.3) is 0 Å². The summed E-state index contributed by atoms with van der Waals surface area (Å²) in [5, 5.41) is 0. The van der Waals surface area contributed by atoms with Crippen LogP contribution in [0.4, 0.5) is 4.39 Å². The van der Waals surface area contributed by atoms with Crippen LogP contribution in [0.1, 0.15) is 16.7 Å². The van der Waals surface area contributed by atoms with Gasteiger partial charge in [0, 0.05) is 11.6 Å². The molecule has 0 heterocycles. The molecule has 2 aromatic carbocycles. The van der Waals surface area contributed by atoms with Crippen molar-refractivity contribution in [2.24, 2.45) is 5.73 Å². The molecule has 0 fully saturated rings. The third kappa shape index (κ3) is 3.84. The predicted octanol–water partition coefficient (Wildman–Crippen LogP) is 3.02. The van der Waals surface area contributed by atoms with Crippen LogP contribution in [-0.4, -0.2) is 6.54 Å². The minimum Gasteiger partial charge on any atom is -0.489 e. The molecule has 0 unspecified atom stereocenters. The minimum atomic E-state index is -0.367. The molecule has 2 N–H and O–H groups in total. The van der Waals surface area contributed by atoms with E-state index in [9.17, 15) is 4.39 Å². The van der Waals surface area contributed by atoms with E-state index < -0.39 is 0 Å². The van der Waals surface area contributed by atoms with Crippen molar-refractivity contribution in [1.29, 1.82) is 0 Å².